The van der Waals surface area contributed by atoms with Gasteiger partial charge < -0.3 is 5.32 Å². The van der Waals surface area contributed by atoms with Gasteiger partial charge in [0.25, 0.3) is 5.91 Å². The van der Waals surface area contributed by atoms with E-state index in [1.165, 1.54) is 0 Å². The first-order valence-electron chi connectivity index (χ1n) is 8.06. The largest absolute Gasteiger partial charge is 0.322 e. The number of carbonyl (C=O) groups is 2. The molecule has 0 spiro atoms. The van der Waals surface area contributed by atoms with Crippen molar-refractivity contribution >= 4 is 23.0 Å². The summed E-state index contributed by atoms with van der Waals surface area (Å²) in [7, 11) is 0. The van der Waals surface area contributed by atoms with Crippen LogP contribution < -0.4 is 5.32 Å². The van der Waals surface area contributed by atoms with Gasteiger partial charge in [-0.1, -0.05) is 72.8 Å². The van der Waals surface area contributed by atoms with E-state index in [9.17, 15) is 9.59 Å². The molecule has 0 saturated heterocycles. The Balaban J connectivity index is 1.85. The number of amides is 1. The second-order valence-electron chi connectivity index (χ2n) is 5.81. The van der Waals surface area contributed by atoms with E-state index in [4.69, 9.17) is 0 Å². The molecule has 0 bridgehead atoms. The van der Waals surface area contributed by atoms with Crippen LogP contribution in [0.2, 0.25) is 0 Å². The Morgan fingerprint density at radius 2 is 1.24 bits per heavy atom. The monoisotopic (exact) mass is 325 g/mol. The number of para-hydroxylation sites is 1. The maximum Gasteiger partial charge on any atom is 0.260 e. The van der Waals surface area contributed by atoms with E-state index in [1.54, 1.807) is 18.2 Å². The van der Waals surface area contributed by atoms with Crippen LogP contribution >= 0.6 is 0 Å². The fourth-order valence-corrected chi connectivity index (χ4v) is 3.12. The van der Waals surface area contributed by atoms with E-state index < -0.39 is 0 Å². The summed E-state index contributed by atoms with van der Waals surface area (Å²) in [5.74, 6) is -0.617. The van der Waals surface area contributed by atoms with Crippen LogP contribution in [0.5, 0.6) is 0 Å². The highest BCUT2D eigenvalue weighted by Crippen LogP contribution is 2.37. The lowest BCUT2D eigenvalue weighted by molar-refractivity contribution is -0.112. The zero-order chi connectivity index (χ0) is 17.2. The lowest BCUT2D eigenvalue weighted by Crippen LogP contribution is -2.19. The summed E-state index contributed by atoms with van der Waals surface area (Å²) in [6.07, 6.45) is 0. The van der Waals surface area contributed by atoms with Gasteiger partial charge in [0.15, 0.2) is 5.78 Å². The second kappa shape index (κ2) is 6.21. The van der Waals surface area contributed by atoms with Crippen molar-refractivity contribution in [2.24, 2.45) is 0 Å². The smallest absolute Gasteiger partial charge is 0.260 e. The molecule has 0 atom stereocenters. The minimum atomic E-state index is -0.383. The van der Waals surface area contributed by atoms with Crippen LogP contribution in [0.15, 0.2) is 90.5 Å². The Bertz CT molecular complexity index is 989. The fraction of sp³-hybridized carbons (Fsp3) is 0. The van der Waals surface area contributed by atoms with Crippen molar-refractivity contribution in [1.82, 2.24) is 0 Å². The quantitative estimate of drug-likeness (QED) is 0.729. The van der Waals surface area contributed by atoms with E-state index in [2.05, 4.69) is 5.32 Å². The summed E-state index contributed by atoms with van der Waals surface area (Å²) >= 11 is 0. The molecule has 0 radical (unpaired) electrons. The van der Waals surface area contributed by atoms with Crippen molar-refractivity contribution in [3.8, 4) is 0 Å². The number of ketones is 1. The first-order chi connectivity index (χ1) is 12.3. The molecule has 25 heavy (non-hydrogen) atoms. The SMILES string of the molecule is O=C(Nc1ccccc1)C1=C(c2ccccc2)c2ccccc2C1=O. The molecule has 3 heteroatoms. The van der Waals surface area contributed by atoms with Gasteiger partial charge in [0.2, 0.25) is 0 Å². The fourth-order valence-electron chi connectivity index (χ4n) is 3.12. The van der Waals surface area contributed by atoms with E-state index in [-0.39, 0.29) is 17.3 Å². The van der Waals surface area contributed by atoms with Gasteiger partial charge in [0, 0.05) is 16.8 Å². The maximum absolute atomic E-state index is 12.9. The van der Waals surface area contributed by atoms with Gasteiger partial charge in [-0.2, -0.15) is 0 Å². The number of hydrogen-bond acceptors (Lipinski definition) is 2. The zero-order valence-electron chi connectivity index (χ0n) is 13.4. The number of nitrogens with one attached hydrogen (secondary N) is 1. The Labute approximate surface area is 145 Å². The van der Waals surface area contributed by atoms with Crippen molar-refractivity contribution in [2.45, 2.75) is 0 Å². The third-order valence-electron chi connectivity index (χ3n) is 4.24. The molecule has 3 aromatic rings. The summed E-state index contributed by atoms with van der Waals surface area (Å²) in [6.45, 7) is 0. The predicted octanol–water partition coefficient (Wildman–Crippen LogP) is 4.32. The molecule has 1 aliphatic rings. The van der Waals surface area contributed by atoms with Gasteiger partial charge in [-0.3, -0.25) is 9.59 Å². The summed E-state index contributed by atoms with van der Waals surface area (Å²) in [4.78, 5) is 25.8. The highest BCUT2D eigenvalue weighted by Gasteiger charge is 2.34. The summed E-state index contributed by atoms with van der Waals surface area (Å²) in [5, 5.41) is 2.83. The molecular weight excluding hydrogens is 310 g/mol. The first kappa shape index (κ1) is 15.1. The molecule has 0 saturated carbocycles. The van der Waals surface area contributed by atoms with Crippen LogP contribution in [0.25, 0.3) is 5.57 Å². The van der Waals surface area contributed by atoms with Gasteiger partial charge in [-0.15, -0.1) is 0 Å². The second-order valence-corrected chi connectivity index (χ2v) is 5.81. The van der Waals surface area contributed by atoms with Crippen molar-refractivity contribution in [3.05, 3.63) is 107 Å². The Morgan fingerprint density at radius 3 is 1.92 bits per heavy atom. The van der Waals surface area contributed by atoms with Crippen molar-refractivity contribution in [1.29, 1.82) is 0 Å². The number of carbonyl (C=O) groups excluding carboxylic acids is 2. The topological polar surface area (TPSA) is 46.2 Å². The maximum atomic E-state index is 12.9. The van der Waals surface area contributed by atoms with Crippen molar-refractivity contribution in [3.63, 3.8) is 0 Å². The molecule has 0 aliphatic heterocycles. The Morgan fingerprint density at radius 1 is 0.680 bits per heavy atom. The van der Waals surface area contributed by atoms with Crippen molar-refractivity contribution in [2.75, 3.05) is 5.32 Å². The Kier molecular flexibility index (Phi) is 3.75. The number of hydrogen-bond donors (Lipinski definition) is 1. The number of benzene rings is 3. The molecule has 0 unspecified atom stereocenters. The van der Waals surface area contributed by atoms with Gasteiger partial charge >= 0.3 is 0 Å². The highest BCUT2D eigenvalue weighted by molar-refractivity contribution is 6.38. The third-order valence-corrected chi connectivity index (χ3v) is 4.24. The van der Waals surface area contributed by atoms with Gasteiger partial charge in [-0.05, 0) is 23.3 Å². The average Bonchev–Trinajstić information content (AvgIpc) is 2.96. The van der Waals surface area contributed by atoms with E-state index in [1.807, 2.05) is 66.7 Å². The van der Waals surface area contributed by atoms with Crippen molar-refractivity contribution < 1.29 is 9.59 Å². The van der Waals surface area contributed by atoms with E-state index >= 15 is 0 Å². The third kappa shape index (κ3) is 2.66. The Hall–Kier alpha value is -3.46. The number of anilines is 1. The molecule has 4 rings (SSSR count). The highest BCUT2D eigenvalue weighted by atomic mass is 16.2. The number of rotatable bonds is 3. The normalized spacial score (nSPS) is 12.9. The minimum absolute atomic E-state index is 0.191. The van der Waals surface area contributed by atoms with Gasteiger partial charge in [-0.25, -0.2) is 0 Å². The lowest BCUT2D eigenvalue weighted by Gasteiger charge is -2.09. The molecule has 1 N–H and O–H groups in total. The molecule has 120 valence electrons. The number of fused-ring (bicyclic) bond motifs is 1. The molecule has 3 nitrogen and oxygen atoms in total. The van der Waals surface area contributed by atoms with Crippen LogP contribution in [0.3, 0.4) is 0 Å². The molecule has 1 amide bonds. The summed E-state index contributed by atoms with van der Waals surface area (Å²) < 4.78 is 0. The van der Waals surface area contributed by atoms with Crippen LogP contribution in [-0.4, -0.2) is 11.7 Å². The first-order valence-corrected chi connectivity index (χ1v) is 8.06. The molecule has 0 aromatic heterocycles. The van der Waals surface area contributed by atoms with Gasteiger partial charge in [0.1, 0.15) is 0 Å². The lowest BCUT2D eigenvalue weighted by atomic mass is 9.97. The summed E-state index contributed by atoms with van der Waals surface area (Å²) in [5.41, 5.74) is 3.78. The minimum Gasteiger partial charge on any atom is -0.322 e. The van der Waals surface area contributed by atoms with Crippen LogP contribution in [-0.2, 0) is 4.79 Å². The number of Topliss-reactive ketones (excluding diaryl/α,β-unsaturated/α-hetero) is 1. The molecule has 1 aliphatic carbocycles. The van der Waals surface area contributed by atoms with Crippen LogP contribution in [0.1, 0.15) is 21.5 Å². The molecule has 3 aromatic carbocycles. The van der Waals surface area contributed by atoms with Gasteiger partial charge in [0.05, 0.1) is 5.57 Å². The standard InChI is InChI=1S/C22H15NO2/c24-21-18-14-8-7-13-17(18)19(15-9-3-1-4-10-15)20(21)22(25)23-16-11-5-2-6-12-16/h1-14H,(H,23,25). The predicted molar refractivity (Wildman–Crippen MR) is 98.3 cm³/mol. The van der Waals surface area contributed by atoms with Crippen LogP contribution in [0, 0.1) is 0 Å². The average molecular weight is 325 g/mol. The zero-order valence-corrected chi connectivity index (χ0v) is 13.4. The van der Waals surface area contributed by atoms with E-state index in [0.717, 1.165) is 11.1 Å². The molecule has 0 fully saturated rings. The summed E-state index contributed by atoms with van der Waals surface area (Å²) in [6, 6.07) is 26.1. The van der Waals surface area contributed by atoms with E-state index in [0.29, 0.717) is 16.8 Å². The molecule has 0 heterocycles. The molecular formula is C22H15NO2. The van der Waals surface area contributed by atoms with Crippen LogP contribution in [0.4, 0.5) is 5.69 Å².